The van der Waals surface area contributed by atoms with E-state index in [1.807, 2.05) is 10.6 Å². The number of carbonyl (C=O) groups excluding carboxylic acids is 3. The maximum absolute atomic E-state index is 11.8. The number of benzene rings is 1. The van der Waals surface area contributed by atoms with Crippen molar-refractivity contribution in [2.75, 3.05) is 32.1 Å². The summed E-state index contributed by atoms with van der Waals surface area (Å²) in [5.74, 6) is 0.0916. The molecule has 0 saturated heterocycles. The molecule has 0 unspecified atom stereocenters. The summed E-state index contributed by atoms with van der Waals surface area (Å²) in [6, 6.07) is 3.18. The highest BCUT2D eigenvalue weighted by Crippen LogP contribution is 2.31. The molecular weight excluding hydrogens is 454 g/mol. The van der Waals surface area contributed by atoms with Gasteiger partial charge in [-0.3, -0.25) is 9.59 Å². The van der Waals surface area contributed by atoms with Crippen molar-refractivity contribution >= 4 is 35.0 Å². The van der Waals surface area contributed by atoms with E-state index in [1.165, 1.54) is 0 Å². The van der Waals surface area contributed by atoms with Crippen LogP contribution in [0.2, 0.25) is 0 Å². The van der Waals surface area contributed by atoms with Crippen LogP contribution in [0.3, 0.4) is 0 Å². The van der Waals surface area contributed by atoms with Gasteiger partial charge in [-0.25, -0.2) is 9.78 Å². The second kappa shape index (κ2) is 12.6. The Hall–Kier alpha value is -3.76. The summed E-state index contributed by atoms with van der Waals surface area (Å²) in [6.45, 7) is 8.42. The van der Waals surface area contributed by atoms with E-state index in [9.17, 15) is 14.4 Å². The first-order valence-electron chi connectivity index (χ1n) is 11.5. The summed E-state index contributed by atoms with van der Waals surface area (Å²) in [5, 5.41) is 5.70. The van der Waals surface area contributed by atoms with Crippen LogP contribution in [0.1, 0.15) is 50.9 Å². The monoisotopic (exact) mass is 489 g/mol. The fraction of sp³-hybridized carbons (Fsp3) is 0.500. The van der Waals surface area contributed by atoms with Crippen molar-refractivity contribution in [1.29, 1.82) is 0 Å². The van der Waals surface area contributed by atoms with Crippen LogP contribution in [0, 0.1) is 0 Å². The first kappa shape index (κ1) is 27.5. The highest BCUT2D eigenvalue weighted by Gasteiger charge is 2.18. The molecule has 0 fully saturated rings. The van der Waals surface area contributed by atoms with Gasteiger partial charge in [-0.05, 0) is 46.2 Å². The highest BCUT2D eigenvalue weighted by molar-refractivity contribution is 5.98. The molecule has 0 spiro atoms. The lowest BCUT2D eigenvalue weighted by molar-refractivity contribution is -0.143. The maximum Gasteiger partial charge on any atom is 0.407 e. The number of aromatic nitrogens is 2. The minimum atomic E-state index is -0.600. The Morgan fingerprint density at radius 1 is 1.20 bits per heavy atom. The molecule has 0 aliphatic rings. The van der Waals surface area contributed by atoms with Gasteiger partial charge >= 0.3 is 12.1 Å². The molecular formula is C24H35N5O6. The molecule has 4 N–H and O–H groups in total. The summed E-state index contributed by atoms with van der Waals surface area (Å²) in [5.41, 5.74) is 6.39. The first-order valence-corrected chi connectivity index (χ1v) is 11.5. The van der Waals surface area contributed by atoms with E-state index in [0.717, 1.165) is 0 Å². The molecule has 1 aromatic heterocycles. The van der Waals surface area contributed by atoms with Gasteiger partial charge in [-0.1, -0.05) is 12.2 Å². The molecule has 1 heterocycles. The number of nitrogens with zero attached hydrogens (tertiary/aromatic N) is 2. The molecule has 11 heteroatoms. The smallest absolute Gasteiger partial charge is 0.407 e. The van der Waals surface area contributed by atoms with E-state index >= 15 is 0 Å². The Morgan fingerprint density at radius 2 is 1.94 bits per heavy atom. The maximum atomic E-state index is 11.8. The van der Waals surface area contributed by atoms with Gasteiger partial charge in [0.2, 0.25) is 11.9 Å². The van der Waals surface area contributed by atoms with Gasteiger partial charge in [0, 0.05) is 32.1 Å². The lowest BCUT2D eigenvalue weighted by atomic mass is 10.1. The van der Waals surface area contributed by atoms with Gasteiger partial charge in [0.1, 0.15) is 16.9 Å². The topological polar surface area (TPSA) is 147 Å². The number of nitrogens with one attached hydrogen (secondary N) is 2. The molecule has 0 bridgehead atoms. The third-order valence-corrected chi connectivity index (χ3v) is 4.62. The van der Waals surface area contributed by atoms with Crippen LogP contribution in [-0.4, -0.2) is 59.9 Å². The Kier molecular flexibility index (Phi) is 9.92. The molecule has 2 amide bonds. The van der Waals surface area contributed by atoms with Crippen LogP contribution in [0.5, 0.6) is 5.75 Å². The van der Waals surface area contributed by atoms with E-state index in [4.69, 9.17) is 19.9 Å². The Balaban J connectivity index is 2.19. The van der Waals surface area contributed by atoms with Crippen LogP contribution in [-0.2, 0) is 20.8 Å². The van der Waals surface area contributed by atoms with Crippen molar-refractivity contribution in [2.24, 2.45) is 5.73 Å². The number of carbonyl (C=O) groups is 3. The van der Waals surface area contributed by atoms with E-state index < -0.39 is 17.6 Å². The van der Waals surface area contributed by atoms with Crippen LogP contribution in [0.25, 0.3) is 11.0 Å². The fourth-order valence-corrected chi connectivity index (χ4v) is 3.20. The predicted octanol–water partition coefficient (Wildman–Crippen LogP) is 2.98. The second-order valence-corrected chi connectivity index (χ2v) is 8.61. The van der Waals surface area contributed by atoms with E-state index in [2.05, 4.69) is 15.6 Å². The number of esters is 1. The van der Waals surface area contributed by atoms with Crippen molar-refractivity contribution in [3.63, 3.8) is 0 Å². The number of anilines is 1. The zero-order chi connectivity index (χ0) is 26.0. The minimum absolute atomic E-state index is 0.223. The third-order valence-electron chi connectivity index (χ3n) is 4.62. The first-order chi connectivity index (χ1) is 16.6. The van der Waals surface area contributed by atoms with Crippen LogP contribution in [0.15, 0.2) is 24.3 Å². The standard InChI is InChI=1S/C24H35N5O6/c1-6-33-19(30)10-9-13-34-18-15-16(21(25)31)14-17-20(18)29(22(26-5)28-17)12-8-7-11-27-23(32)35-24(2,3)4/h7-8,14-15H,6,9-13H2,1-5H3,(H2,25,31)(H,26,28)(H,27,32)/b8-7+. The molecule has 11 nitrogen and oxygen atoms in total. The van der Waals surface area contributed by atoms with Crippen LogP contribution in [0.4, 0.5) is 10.7 Å². The summed E-state index contributed by atoms with van der Waals surface area (Å²) in [7, 11) is 1.74. The van der Waals surface area contributed by atoms with E-state index in [0.29, 0.717) is 48.8 Å². The van der Waals surface area contributed by atoms with Crippen molar-refractivity contribution in [2.45, 2.75) is 52.7 Å². The average molecular weight is 490 g/mol. The second-order valence-electron chi connectivity index (χ2n) is 8.61. The molecule has 0 aliphatic heterocycles. The number of rotatable bonds is 12. The summed E-state index contributed by atoms with van der Waals surface area (Å²) in [4.78, 5) is 39.8. The molecule has 2 aromatic rings. The number of alkyl carbamates (subject to hydrolysis) is 1. The molecule has 1 aromatic carbocycles. The number of amides is 2. The third kappa shape index (κ3) is 8.51. The highest BCUT2D eigenvalue weighted by atomic mass is 16.6. The number of hydrogen-bond acceptors (Lipinski definition) is 8. The zero-order valence-corrected chi connectivity index (χ0v) is 21.0. The number of hydrogen-bond donors (Lipinski definition) is 3. The van der Waals surface area contributed by atoms with Crippen LogP contribution < -0.4 is 21.1 Å². The number of imidazole rings is 1. The zero-order valence-electron chi connectivity index (χ0n) is 21.0. The normalized spacial score (nSPS) is 11.5. The Labute approximate surface area is 205 Å². The summed E-state index contributed by atoms with van der Waals surface area (Å²) >= 11 is 0. The number of primary amides is 1. The number of allylic oxidation sites excluding steroid dienone is 1. The molecule has 192 valence electrons. The average Bonchev–Trinajstić information content (AvgIpc) is 3.13. The van der Waals surface area contributed by atoms with Crippen molar-refractivity contribution < 1.29 is 28.6 Å². The van der Waals surface area contributed by atoms with Gasteiger partial charge in [0.25, 0.3) is 0 Å². The van der Waals surface area contributed by atoms with E-state index in [-0.39, 0.29) is 24.6 Å². The lowest BCUT2D eigenvalue weighted by Gasteiger charge is -2.19. The number of fused-ring (bicyclic) bond motifs is 1. The predicted molar refractivity (Wildman–Crippen MR) is 133 cm³/mol. The lowest BCUT2D eigenvalue weighted by Crippen LogP contribution is -2.32. The van der Waals surface area contributed by atoms with Gasteiger partial charge in [0.15, 0.2) is 0 Å². The number of ether oxygens (including phenoxy) is 3. The fourth-order valence-electron chi connectivity index (χ4n) is 3.20. The van der Waals surface area contributed by atoms with Gasteiger partial charge in [0.05, 0.1) is 18.7 Å². The minimum Gasteiger partial charge on any atom is -0.491 e. The van der Waals surface area contributed by atoms with E-state index in [1.54, 1.807) is 53.0 Å². The quantitative estimate of drug-likeness (QED) is 0.234. The molecule has 0 radical (unpaired) electrons. The summed E-state index contributed by atoms with van der Waals surface area (Å²) < 4.78 is 18.0. The summed E-state index contributed by atoms with van der Waals surface area (Å²) in [6.07, 6.45) is 3.84. The van der Waals surface area contributed by atoms with Gasteiger partial charge in [-0.2, -0.15) is 0 Å². The molecule has 2 rings (SSSR count). The van der Waals surface area contributed by atoms with Crippen molar-refractivity contribution in [3.8, 4) is 5.75 Å². The molecule has 0 saturated carbocycles. The molecule has 0 aliphatic carbocycles. The van der Waals surface area contributed by atoms with Gasteiger partial charge in [-0.15, -0.1) is 0 Å². The Morgan fingerprint density at radius 3 is 2.57 bits per heavy atom. The van der Waals surface area contributed by atoms with Crippen molar-refractivity contribution in [1.82, 2.24) is 14.9 Å². The Bertz CT molecular complexity index is 1070. The molecule has 35 heavy (non-hydrogen) atoms. The SMILES string of the molecule is CCOC(=O)CCCOc1cc(C(N)=O)cc2nc(NC)n(C/C=C/CNC(=O)OC(C)(C)C)c12. The van der Waals surface area contributed by atoms with Gasteiger partial charge < -0.3 is 35.1 Å². The van der Waals surface area contributed by atoms with Crippen molar-refractivity contribution in [3.05, 3.63) is 29.8 Å². The number of nitrogens with two attached hydrogens (primary N) is 1. The largest absolute Gasteiger partial charge is 0.491 e. The van der Waals surface area contributed by atoms with Crippen LogP contribution >= 0.6 is 0 Å². The molecule has 0 atom stereocenters.